The Bertz CT molecular complexity index is 1350. The third-order valence-corrected chi connectivity index (χ3v) is 7.09. The molecule has 2 aliphatic heterocycles. The van der Waals surface area contributed by atoms with Crippen LogP contribution in [-0.2, 0) is 9.47 Å². The SMILES string of the molecule is COc1cc(NC(=O)c2ccc(C3=CCN(C(=O)OC(C)(C)C)CC3)cc2)ccc1N1CCN(C(=O)OC(C)(C)C)CC1. The summed E-state index contributed by atoms with van der Waals surface area (Å²) in [6.45, 7) is 14.6. The summed E-state index contributed by atoms with van der Waals surface area (Å²) < 4.78 is 16.6. The van der Waals surface area contributed by atoms with Crippen LogP contribution >= 0.6 is 0 Å². The minimum atomic E-state index is -0.528. The van der Waals surface area contributed by atoms with Crippen molar-refractivity contribution < 1.29 is 28.6 Å². The van der Waals surface area contributed by atoms with Gasteiger partial charge >= 0.3 is 12.2 Å². The van der Waals surface area contributed by atoms with Crippen molar-refractivity contribution in [1.29, 1.82) is 0 Å². The lowest BCUT2D eigenvalue weighted by Crippen LogP contribution is -2.50. The van der Waals surface area contributed by atoms with Gasteiger partial charge in [0.2, 0.25) is 0 Å². The summed E-state index contributed by atoms with van der Waals surface area (Å²) in [7, 11) is 1.60. The summed E-state index contributed by atoms with van der Waals surface area (Å²) in [5, 5.41) is 2.96. The van der Waals surface area contributed by atoms with Crippen LogP contribution in [0.4, 0.5) is 21.0 Å². The zero-order valence-corrected chi connectivity index (χ0v) is 26.4. The summed E-state index contributed by atoms with van der Waals surface area (Å²) in [5.41, 5.74) is 3.18. The van der Waals surface area contributed by atoms with Gasteiger partial charge in [0.05, 0.1) is 12.8 Å². The second kappa shape index (κ2) is 13.0. The number of nitrogens with one attached hydrogen (secondary N) is 1. The fourth-order valence-corrected chi connectivity index (χ4v) is 4.94. The highest BCUT2D eigenvalue weighted by Crippen LogP contribution is 2.32. The van der Waals surface area contributed by atoms with Crippen LogP contribution < -0.4 is 15.0 Å². The number of hydrogen-bond acceptors (Lipinski definition) is 7. The predicted octanol–water partition coefficient (Wildman–Crippen LogP) is 6.03. The predicted molar refractivity (Wildman–Crippen MR) is 168 cm³/mol. The highest BCUT2D eigenvalue weighted by molar-refractivity contribution is 6.04. The van der Waals surface area contributed by atoms with Gasteiger partial charge in [-0.25, -0.2) is 9.59 Å². The third kappa shape index (κ3) is 8.65. The van der Waals surface area contributed by atoms with Gasteiger partial charge in [0.1, 0.15) is 17.0 Å². The molecule has 1 N–H and O–H groups in total. The van der Waals surface area contributed by atoms with Crippen molar-refractivity contribution in [3.8, 4) is 5.75 Å². The molecule has 0 aromatic heterocycles. The second-order valence-corrected chi connectivity index (χ2v) is 12.8. The number of anilines is 2. The van der Waals surface area contributed by atoms with Crippen LogP contribution in [0.5, 0.6) is 5.75 Å². The van der Waals surface area contributed by atoms with Gasteiger partial charge in [-0.3, -0.25) is 4.79 Å². The molecule has 10 nitrogen and oxygen atoms in total. The highest BCUT2D eigenvalue weighted by Gasteiger charge is 2.27. The third-order valence-electron chi connectivity index (χ3n) is 7.09. The maximum atomic E-state index is 13.0. The molecule has 2 aromatic carbocycles. The lowest BCUT2D eigenvalue weighted by Gasteiger charge is -2.37. The maximum Gasteiger partial charge on any atom is 0.410 e. The molecule has 10 heteroatoms. The van der Waals surface area contributed by atoms with E-state index in [4.69, 9.17) is 14.2 Å². The smallest absolute Gasteiger partial charge is 0.410 e. The van der Waals surface area contributed by atoms with Crippen molar-refractivity contribution in [1.82, 2.24) is 9.80 Å². The molecule has 0 atom stereocenters. The lowest BCUT2D eigenvalue weighted by atomic mass is 9.98. The van der Waals surface area contributed by atoms with E-state index in [0.29, 0.717) is 62.7 Å². The van der Waals surface area contributed by atoms with E-state index in [2.05, 4.69) is 10.2 Å². The number of methoxy groups -OCH3 is 1. The molecule has 2 aromatic rings. The average molecular weight is 593 g/mol. The molecule has 1 fully saturated rings. The molecule has 232 valence electrons. The van der Waals surface area contributed by atoms with Crippen LogP contribution in [0.3, 0.4) is 0 Å². The number of rotatable bonds is 5. The Morgan fingerprint density at radius 3 is 1.91 bits per heavy atom. The summed E-state index contributed by atoms with van der Waals surface area (Å²) in [4.78, 5) is 43.4. The van der Waals surface area contributed by atoms with Gasteiger partial charge in [-0.15, -0.1) is 0 Å². The first-order valence-electron chi connectivity index (χ1n) is 14.7. The highest BCUT2D eigenvalue weighted by atomic mass is 16.6. The summed E-state index contributed by atoms with van der Waals surface area (Å²) >= 11 is 0. The molecule has 1 saturated heterocycles. The molecule has 3 amide bonds. The van der Waals surface area contributed by atoms with Gasteiger partial charge in [0, 0.05) is 56.6 Å². The number of carbonyl (C=O) groups excluding carboxylic acids is 3. The summed E-state index contributed by atoms with van der Waals surface area (Å²) in [5.74, 6) is 0.421. The molecule has 2 aliphatic rings. The van der Waals surface area contributed by atoms with Gasteiger partial charge in [0.15, 0.2) is 0 Å². The quantitative estimate of drug-likeness (QED) is 0.453. The van der Waals surface area contributed by atoms with Crippen LogP contribution in [0.1, 0.15) is 63.9 Å². The van der Waals surface area contributed by atoms with Crippen LogP contribution in [0, 0.1) is 0 Å². The van der Waals surface area contributed by atoms with E-state index in [-0.39, 0.29) is 18.1 Å². The zero-order chi connectivity index (χ0) is 31.4. The summed E-state index contributed by atoms with van der Waals surface area (Å²) in [6, 6.07) is 13.1. The van der Waals surface area contributed by atoms with Crippen LogP contribution in [0.25, 0.3) is 5.57 Å². The van der Waals surface area contributed by atoms with Crippen molar-refractivity contribution in [2.24, 2.45) is 0 Å². The van der Waals surface area contributed by atoms with E-state index in [0.717, 1.165) is 16.8 Å². The van der Waals surface area contributed by atoms with Crippen LogP contribution in [-0.4, -0.2) is 85.5 Å². The van der Waals surface area contributed by atoms with Crippen molar-refractivity contribution >= 4 is 35.0 Å². The normalized spacial score (nSPS) is 15.9. The Morgan fingerprint density at radius 1 is 0.767 bits per heavy atom. The monoisotopic (exact) mass is 592 g/mol. The van der Waals surface area contributed by atoms with Crippen molar-refractivity contribution in [2.75, 3.05) is 56.6 Å². The maximum absolute atomic E-state index is 13.0. The Kier molecular flexibility index (Phi) is 9.57. The minimum absolute atomic E-state index is 0.221. The van der Waals surface area contributed by atoms with E-state index in [1.807, 2.05) is 90.1 Å². The fourth-order valence-electron chi connectivity index (χ4n) is 4.94. The van der Waals surface area contributed by atoms with E-state index in [1.54, 1.807) is 16.9 Å². The average Bonchev–Trinajstić information content (AvgIpc) is 2.95. The van der Waals surface area contributed by atoms with Gasteiger partial charge in [0.25, 0.3) is 5.91 Å². The van der Waals surface area contributed by atoms with Crippen molar-refractivity contribution in [2.45, 2.75) is 59.2 Å². The molecule has 0 saturated carbocycles. The number of nitrogens with zero attached hydrogens (tertiary/aromatic N) is 3. The largest absolute Gasteiger partial charge is 0.495 e. The van der Waals surface area contributed by atoms with E-state index in [1.165, 1.54) is 0 Å². The van der Waals surface area contributed by atoms with Crippen LogP contribution in [0.2, 0.25) is 0 Å². The topological polar surface area (TPSA) is 101 Å². The number of benzene rings is 2. The van der Waals surface area contributed by atoms with E-state index < -0.39 is 11.2 Å². The second-order valence-electron chi connectivity index (χ2n) is 12.8. The Labute approximate surface area is 254 Å². The van der Waals surface area contributed by atoms with E-state index in [9.17, 15) is 14.4 Å². The van der Waals surface area contributed by atoms with Gasteiger partial charge < -0.3 is 34.2 Å². The number of piperazine rings is 1. The molecule has 0 aliphatic carbocycles. The summed E-state index contributed by atoms with van der Waals surface area (Å²) in [6.07, 6.45) is 2.14. The Hall–Kier alpha value is -4.21. The van der Waals surface area contributed by atoms with Gasteiger partial charge in [-0.05, 0) is 83.4 Å². The number of carbonyl (C=O) groups is 3. The lowest BCUT2D eigenvalue weighted by molar-refractivity contribution is 0.0237. The Morgan fingerprint density at radius 2 is 1.37 bits per heavy atom. The standard InChI is InChI=1S/C33H44N4O6/c1-32(2,3)42-30(39)36-16-14-24(15-17-36)23-8-10-25(11-9-23)29(38)34-26-12-13-27(28(22-26)41-7)35-18-20-37(21-19-35)31(40)43-33(4,5)6/h8-14,22H,15-21H2,1-7H3,(H,34,38). The molecule has 0 unspecified atom stereocenters. The zero-order valence-electron chi connectivity index (χ0n) is 26.4. The molecule has 43 heavy (non-hydrogen) atoms. The van der Waals surface area contributed by atoms with Crippen LogP contribution in [0.15, 0.2) is 48.5 Å². The molecule has 2 heterocycles. The molecular formula is C33H44N4O6. The first-order valence-corrected chi connectivity index (χ1v) is 14.7. The number of hydrogen-bond donors (Lipinski definition) is 1. The molecule has 4 rings (SSSR count). The van der Waals surface area contributed by atoms with Crippen molar-refractivity contribution in [3.63, 3.8) is 0 Å². The van der Waals surface area contributed by atoms with Gasteiger partial charge in [-0.2, -0.15) is 0 Å². The minimum Gasteiger partial charge on any atom is -0.495 e. The fraction of sp³-hybridized carbons (Fsp3) is 0.485. The first-order chi connectivity index (χ1) is 20.2. The molecule has 0 bridgehead atoms. The number of amides is 3. The Balaban J connectivity index is 1.33. The first kappa shape index (κ1) is 31.7. The molecule has 0 spiro atoms. The van der Waals surface area contributed by atoms with E-state index >= 15 is 0 Å². The molecular weight excluding hydrogens is 548 g/mol. The number of ether oxygens (including phenoxy) is 3. The molecule has 0 radical (unpaired) electrons. The van der Waals surface area contributed by atoms with Crippen molar-refractivity contribution in [3.05, 3.63) is 59.7 Å². The van der Waals surface area contributed by atoms with Gasteiger partial charge in [-0.1, -0.05) is 18.2 Å².